The lowest BCUT2D eigenvalue weighted by atomic mass is 10.5. The van der Waals surface area contributed by atoms with Crippen LogP contribution in [0.15, 0.2) is 0 Å². The molecule has 0 unspecified atom stereocenters. The molecule has 1 rings (SSSR count). The predicted octanol–water partition coefficient (Wildman–Crippen LogP) is -1.52. The smallest absolute Gasteiger partial charge is 0.222 e. The number of amides is 1. The van der Waals surface area contributed by atoms with Gasteiger partial charge in [-0.3, -0.25) is 10.2 Å². The van der Waals surface area contributed by atoms with Crippen LogP contribution in [0.3, 0.4) is 0 Å². The van der Waals surface area contributed by atoms with Gasteiger partial charge in [-0.2, -0.15) is 5.53 Å². The van der Waals surface area contributed by atoms with Gasteiger partial charge in [-0.25, -0.2) is 5.01 Å². The zero-order chi connectivity index (χ0) is 7.23. The lowest BCUT2D eigenvalue weighted by Gasteiger charge is -2.26. The maximum atomic E-state index is 9.82. The summed E-state index contributed by atoms with van der Waals surface area (Å²) in [6, 6.07) is 0. The molecule has 0 spiro atoms. The Labute approximate surface area is 59.3 Å². The molecule has 0 atom stereocenters. The average molecular weight is 145 g/mol. The van der Waals surface area contributed by atoms with Crippen molar-refractivity contribution in [2.45, 2.75) is 0 Å². The summed E-state index contributed by atoms with van der Waals surface area (Å²) in [6.45, 7) is 3.04. The van der Waals surface area contributed by atoms with E-state index in [0.717, 1.165) is 13.1 Å². The molecular weight excluding hydrogens is 134 g/mol. The average Bonchev–Trinajstić information content (AvgIpc) is 2.03. The van der Waals surface area contributed by atoms with E-state index in [4.69, 9.17) is 4.74 Å². The standard InChI is InChI=1S/C5H11N3O2/c9-5-6-7-8-1-3-10-4-2-8/h5,7H,1-4H2,(H,6,9). The van der Waals surface area contributed by atoms with E-state index >= 15 is 0 Å². The van der Waals surface area contributed by atoms with Gasteiger partial charge in [-0.15, -0.1) is 0 Å². The summed E-state index contributed by atoms with van der Waals surface area (Å²) in [5, 5.41) is 1.89. The van der Waals surface area contributed by atoms with Crippen LogP contribution in [0.1, 0.15) is 0 Å². The molecule has 0 aromatic heterocycles. The Balaban J connectivity index is 2.07. The van der Waals surface area contributed by atoms with Crippen molar-refractivity contribution < 1.29 is 9.53 Å². The van der Waals surface area contributed by atoms with Crippen LogP contribution in [0.4, 0.5) is 0 Å². The molecule has 1 fully saturated rings. The Morgan fingerprint density at radius 3 is 2.70 bits per heavy atom. The van der Waals surface area contributed by atoms with Crippen molar-refractivity contribution in [3.8, 4) is 0 Å². The molecule has 1 saturated heterocycles. The molecule has 1 amide bonds. The second-order valence-corrected chi connectivity index (χ2v) is 1.97. The molecule has 0 bridgehead atoms. The monoisotopic (exact) mass is 145 g/mol. The van der Waals surface area contributed by atoms with Gasteiger partial charge < -0.3 is 4.74 Å². The van der Waals surface area contributed by atoms with Gasteiger partial charge in [0.15, 0.2) is 0 Å². The van der Waals surface area contributed by atoms with Crippen LogP contribution < -0.4 is 11.0 Å². The van der Waals surface area contributed by atoms with Crippen molar-refractivity contribution in [3.05, 3.63) is 0 Å². The number of nitrogens with zero attached hydrogens (tertiary/aromatic N) is 1. The van der Waals surface area contributed by atoms with E-state index in [1.54, 1.807) is 0 Å². The molecular formula is C5H11N3O2. The van der Waals surface area contributed by atoms with E-state index < -0.39 is 0 Å². The first-order valence-electron chi connectivity index (χ1n) is 3.21. The van der Waals surface area contributed by atoms with E-state index in [1.165, 1.54) is 0 Å². The number of rotatable bonds is 3. The number of hydrogen-bond acceptors (Lipinski definition) is 4. The summed E-state index contributed by atoms with van der Waals surface area (Å²) in [4.78, 5) is 9.82. The van der Waals surface area contributed by atoms with Crippen molar-refractivity contribution in [1.29, 1.82) is 0 Å². The summed E-state index contributed by atoms with van der Waals surface area (Å²) in [5.74, 6) is 0. The SMILES string of the molecule is O=CNNN1CCOCC1. The highest BCUT2D eigenvalue weighted by Crippen LogP contribution is 1.89. The number of ether oxygens (including phenoxy) is 1. The molecule has 0 aliphatic carbocycles. The summed E-state index contributed by atoms with van der Waals surface area (Å²) < 4.78 is 5.08. The summed E-state index contributed by atoms with van der Waals surface area (Å²) in [6.07, 6.45) is 0.607. The first-order chi connectivity index (χ1) is 4.93. The Kier molecular flexibility index (Phi) is 3.14. The number of morpholine rings is 1. The molecule has 0 aromatic carbocycles. The molecule has 0 radical (unpaired) electrons. The van der Waals surface area contributed by atoms with Crippen molar-refractivity contribution in [1.82, 2.24) is 16.0 Å². The number of hydrazine groups is 2. The highest BCUT2D eigenvalue weighted by Gasteiger charge is 2.07. The fourth-order valence-corrected chi connectivity index (χ4v) is 0.793. The van der Waals surface area contributed by atoms with Gasteiger partial charge >= 0.3 is 0 Å². The number of carbonyl (C=O) groups excluding carboxylic acids is 1. The predicted molar refractivity (Wildman–Crippen MR) is 34.7 cm³/mol. The molecule has 5 nitrogen and oxygen atoms in total. The van der Waals surface area contributed by atoms with Crippen molar-refractivity contribution >= 4 is 6.41 Å². The quantitative estimate of drug-likeness (QED) is 0.374. The highest BCUT2D eigenvalue weighted by atomic mass is 16.5. The molecule has 0 saturated carbocycles. The third-order valence-corrected chi connectivity index (χ3v) is 1.29. The summed E-state index contributed by atoms with van der Waals surface area (Å²) in [5.41, 5.74) is 5.06. The van der Waals surface area contributed by atoms with Crippen LogP contribution >= 0.6 is 0 Å². The maximum absolute atomic E-state index is 9.82. The van der Waals surface area contributed by atoms with Crippen molar-refractivity contribution in [2.24, 2.45) is 0 Å². The molecule has 1 aliphatic rings. The van der Waals surface area contributed by atoms with Gasteiger partial charge in [0, 0.05) is 13.1 Å². The Bertz CT molecular complexity index is 103. The third-order valence-electron chi connectivity index (χ3n) is 1.29. The van der Waals surface area contributed by atoms with E-state index in [0.29, 0.717) is 19.6 Å². The topological polar surface area (TPSA) is 53.6 Å². The fraction of sp³-hybridized carbons (Fsp3) is 0.800. The minimum atomic E-state index is 0.607. The summed E-state index contributed by atoms with van der Waals surface area (Å²) in [7, 11) is 0. The lowest BCUT2D eigenvalue weighted by molar-refractivity contribution is -0.112. The second kappa shape index (κ2) is 4.21. The maximum Gasteiger partial charge on any atom is 0.222 e. The molecule has 10 heavy (non-hydrogen) atoms. The van der Waals surface area contributed by atoms with E-state index in [2.05, 4.69) is 11.0 Å². The Morgan fingerprint density at radius 1 is 1.40 bits per heavy atom. The van der Waals surface area contributed by atoms with Gasteiger partial charge in [0.25, 0.3) is 0 Å². The first kappa shape index (κ1) is 7.46. The Morgan fingerprint density at radius 2 is 2.10 bits per heavy atom. The lowest BCUT2D eigenvalue weighted by Crippen LogP contribution is -2.51. The van der Waals surface area contributed by atoms with Gasteiger partial charge in [-0.05, 0) is 0 Å². The van der Waals surface area contributed by atoms with E-state index in [9.17, 15) is 4.79 Å². The molecule has 1 aliphatic heterocycles. The van der Waals surface area contributed by atoms with E-state index in [-0.39, 0.29) is 0 Å². The van der Waals surface area contributed by atoms with Crippen LogP contribution in [0.5, 0.6) is 0 Å². The van der Waals surface area contributed by atoms with Gasteiger partial charge in [0.05, 0.1) is 13.2 Å². The van der Waals surface area contributed by atoms with Gasteiger partial charge in [-0.1, -0.05) is 0 Å². The zero-order valence-corrected chi connectivity index (χ0v) is 5.67. The number of nitrogens with one attached hydrogen (secondary N) is 2. The molecule has 2 N–H and O–H groups in total. The van der Waals surface area contributed by atoms with Crippen LogP contribution in [0.2, 0.25) is 0 Å². The molecule has 1 heterocycles. The van der Waals surface area contributed by atoms with Gasteiger partial charge in [0.1, 0.15) is 0 Å². The zero-order valence-electron chi connectivity index (χ0n) is 5.67. The summed E-state index contributed by atoms with van der Waals surface area (Å²) >= 11 is 0. The second-order valence-electron chi connectivity index (χ2n) is 1.97. The minimum Gasteiger partial charge on any atom is -0.379 e. The van der Waals surface area contributed by atoms with Crippen LogP contribution in [0.25, 0.3) is 0 Å². The largest absolute Gasteiger partial charge is 0.379 e. The van der Waals surface area contributed by atoms with Crippen LogP contribution in [0, 0.1) is 0 Å². The first-order valence-corrected chi connectivity index (χ1v) is 3.21. The Hall–Kier alpha value is -0.650. The van der Waals surface area contributed by atoms with Crippen molar-refractivity contribution in [2.75, 3.05) is 26.3 Å². The van der Waals surface area contributed by atoms with Crippen LogP contribution in [-0.2, 0) is 9.53 Å². The van der Waals surface area contributed by atoms with Crippen LogP contribution in [-0.4, -0.2) is 37.7 Å². The highest BCUT2D eigenvalue weighted by molar-refractivity contribution is 5.44. The minimum absolute atomic E-state index is 0.607. The van der Waals surface area contributed by atoms with Crippen molar-refractivity contribution in [3.63, 3.8) is 0 Å². The molecule has 5 heteroatoms. The van der Waals surface area contributed by atoms with E-state index in [1.807, 2.05) is 5.01 Å². The number of carbonyl (C=O) groups is 1. The molecule has 58 valence electrons. The normalized spacial score (nSPS) is 20.4. The van der Waals surface area contributed by atoms with Gasteiger partial charge in [0.2, 0.25) is 6.41 Å². The molecule has 0 aromatic rings. The number of hydrogen-bond donors (Lipinski definition) is 2. The third kappa shape index (κ3) is 2.30. The fourth-order valence-electron chi connectivity index (χ4n) is 0.793.